The fourth-order valence-electron chi connectivity index (χ4n) is 3.11. The van der Waals surface area contributed by atoms with Gasteiger partial charge in [-0.05, 0) is 44.4 Å². The highest BCUT2D eigenvalue weighted by Crippen LogP contribution is 2.26. The molecular formula is C17H26N2O4S. The van der Waals surface area contributed by atoms with Gasteiger partial charge in [-0.2, -0.15) is 0 Å². The molecule has 1 aliphatic rings. The van der Waals surface area contributed by atoms with Crippen molar-refractivity contribution >= 4 is 21.7 Å². The first-order valence-corrected chi connectivity index (χ1v) is 9.98. The van der Waals surface area contributed by atoms with E-state index in [0.29, 0.717) is 5.69 Å². The highest BCUT2D eigenvalue weighted by Gasteiger charge is 2.22. The maximum absolute atomic E-state index is 12.4. The minimum atomic E-state index is -3.72. The second-order valence-electron chi connectivity index (χ2n) is 6.45. The molecule has 2 rings (SSSR count). The van der Waals surface area contributed by atoms with E-state index in [1.807, 2.05) is 6.92 Å². The molecule has 24 heavy (non-hydrogen) atoms. The molecule has 1 saturated carbocycles. The molecule has 0 radical (unpaired) electrons. The Labute approximate surface area is 143 Å². The first-order valence-electron chi connectivity index (χ1n) is 8.49. The quantitative estimate of drug-likeness (QED) is 0.666. The van der Waals surface area contributed by atoms with Gasteiger partial charge in [0.25, 0.3) is 0 Å². The third kappa shape index (κ3) is 4.70. The second-order valence-corrected chi connectivity index (χ2v) is 8.16. The monoisotopic (exact) mass is 354 g/mol. The van der Waals surface area contributed by atoms with Crippen LogP contribution in [-0.2, 0) is 10.0 Å². The van der Waals surface area contributed by atoms with Crippen molar-refractivity contribution in [3.05, 3.63) is 23.8 Å². The second kappa shape index (κ2) is 7.98. The van der Waals surface area contributed by atoms with Crippen molar-refractivity contribution < 1.29 is 18.3 Å². The van der Waals surface area contributed by atoms with Gasteiger partial charge in [0.15, 0.2) is 0 Å². The van der Waals surface area contributed by atoms with E-state index >= 15 is 0 Å². The minimum Gasteiger partial charge on any atom is -0.478 e. The first-order chi connectivity index (χ1) is 11.3. The van der Waals surface area contributed by atoms with E-state index in [4.69, 9.17) is 0 Å². The standard InChI is InChI=1S/C17H26N2O4S/c1-3-6-12(2)19-24(22,23)14-9-10-16(15(11-14)17(20)21)18-13-7-4-5-8-13/h9-13,18-19H,3-8H2,1-2H3,(H,20,21)/t12-/m0/s1. The lowest BCUT2D eigenvalue weighted by Gasteiger charge is -2.17. The maximum atomic E-state index is 12.4. The molecule has 0 aromatic heterocycles. The zero-order valence-corrected chi connectivity index (χ0v) is 15.0. The molecule has 134 valence electrons. The first kappa shape index (κ1) is 18.7. The number of anilines is 1. The Morgan fingerprint density at radius 1 is 1.33 bits per heavy atom. The van der Waals surface area contributed by atoms with Gasteiger partial charge < -0.3 is 10.4 Å². The maximum Gasteiger partial charge on any atom is 0.337 e. The third-order valence-electron chi connectivity index (χ3n) is 4.32. The minimum absolute atomic E-state index is 0.00656. The number of carbonyl (C=O) groups is 1. The van der Waals surface area contributed by atoms with Gasteiger partial charge in [0.1, 0.15) is 0 Å². The lowest BCUT2D eigenvalue weighted by molar-refractivity contribution is 0.0697. The smallest absolute Gasteiger partial charge is 0.337 e. The van der Waals surface area contributed by atoms with Crippen LogP contribution < -0.4 is 10.0 Å². The summed E-state index contributed by atoms with van der Waals surface area (Å²) >= 11 is 0. The molecule has 1 atom stereocenters. The summed E-state index contributed by atoms with van der Waals surface area (Å²) in [7, 11) is -3.72. The normalized spacial score (nSPS) is 16.9. The van der Waals surface area contributed by atoms with Crippen LogP contribution in [0.5, 0.6) is 0 Å². The largest absolute Gasteiger partial charge is 0.478 e. The van der Waals surface area contributed by atoms with Crippen LogP contribution >= 0.6 is 0 Å². The molecule has 0 heterocycles. The summed E-state index contributed by atoms with van der Waals surface area (Å²) in [6, 6.07) is 4.32. The Kier molecular flexibility index (Phi) is 6.23. The van der Waals surface area contributed by atoms with E-state index in [2.05, 4.69) is 10.0 Å². The Morgan fingerprint density at radius 3 is 2.58 bits per heavy atom. The van der Waals surface area contributed by atoms with Crippen LogP contribution in [0.2, 0.25) is 0 Å². The molecule has 0 bridgehead atoms. The summed E-state index contributed by atoms with van der Waals surface area (Å²) < 4.78 is 27.4. The topological polar surface area (TPSA) is 95.5 Å². The number of rotatable bonds is 8. The lowest BCUT2D eigenvalue weighted by Crippen LogP contribution is -2.32. The zero-order chi connectivity index (χ0) is 17.7. The summed E-state index contributed by atoms with van der Waals surface area (Å²) in [5.74, 6) is -1.13. The van der Waals surface area contributed by atoms with Crippen molar-refractivity contribution in [2.24, 2.45) is 0 Å². The summed E-state index contributed by atoms with van der Waals surface area (Å²) in [6.07, 6.45) is 5.88. The van der Waals surface area contributed by atoms with Crippen LogP contribution in [-0.4, -0.2) is 31.6 Å². The molecule has 6 nitrogen and oxygen atoms in total. The predicted molar refractivity (Wildman–Crippen MR) is 94.0 cm³/mol. The van der Waals surface area contributed by atoms with Gasteiger partial charge in [-0.3, -0.25) is 0 Å². The fourth-order valence-corrected chi connectivity index (χ4v) is 4.41. The molecule has 1 aromatic rings. The van der Waals surface area contributed by atoms with E-state index in [-0.39, 0.29) is 22.5 Å². The highest BCUT2D eigenvalue weighted by atomic mass is 32.2. The van der Waals surface area contributed by atoms with E-state index in [0.717, 1.165) is 38.5 Å². The Morgan fingerprint density at radius 2 is 2.00 bits per heavy atom. The van der Waals surface area contributed by atoms with Crippen molar-refractivity contribution in [3.63, 3.8) is 0 Å². The van der Waals surface area contributed by atoms with Crippen molar-refractivity contribution in [1.82, 2.24) is 4.72 Å². The fraction of sp³-hybridized carbons (Fsp3) is 0.588. The number of carboxylic acid groups (broad SMARTS) is 1. The Balaban J connectivity index is 2.25. The van der Waals surface area contributed by atoms with Crippen molar-refractivity contribution in [3.8, 4) is 0 Å². The average molecular weight is 354 g/mol. The van der Waals surface area contributed by atoms with Crippen LogP contribution in [0.4, 0.5) is 5.69 Å². The number of sulfonamides is 1. The predicted octanol–water partition coefficient (Wildman–Crippen LogP) is 3.21. The molecule has 3 N–H and O–H groups in total. The number of nitrogens with one attached hydrogen (secondary N) is 2. The molecule has 7 heteroatoms. The van der Waals surface area contributed by atoms with E-state index in [9.17, 15) is 18.3 Å². The van der Waals surface area contributed by atoms with E-state index < -0.39 is 16.0 Å². The van der Waals surface area contributed by atoms with Gasteiger partial charge in [0, 0.05) is 17.8 Å². The Hall–Kier alpha value is -1.60. The van der Waals surface area contributed by atoms with E-state index in [1.165, 1.54) is 12.1 Å². The third-order valence-corrected chi connectivity index (χ3v) is 5.91. The van der Waals surface area contributed by atoms with Gasteiger partial charge in [-0.25, -0.2) is 17.9 Å². The van der Waals surface area contributed by atoms with Crippen LogP contribution in [0.15, 0.2) is 23.1 Å². The van der Waals surface area contributed by atoms with Gasteiger partial charge in [0.2, 0.25) is 10.0 Å². The van der Waals surface area contributed by atoms with Crippen LogP contribution in [0, 0.1) is 0 Å². The number of hydrogen-bond acceptors (Lipinski definition) is 4. The highest BCUT2D eigenvalue weighted by molar-refractivity contribution is 7.89. The Bertz CT molecular complexity index is 682. The van der Waals surface area contributed by atoms with Crippen molar-refractivity contribution in [2.45, 2.75) is 69.4 Å². The van der Waals surface area contributed by atoms with Crippen LogP contribution in [0.3, 0.4) is 0 Å². The number of aromatic carboxylic acids is 1. The van der Waals surface area contributed by atoms with Crippen molar-refractivity contribution in [1.29, 1.82) is 0 Å². The summed E-state index contributed by atoms with van der Waals surface area (Å²) in [5, 5.41) is 12.7. The van der Waals surface area contributed by atoms with Crippen LogP contribution in [0.1, 0.15) is 62.7 Å². The molecule has 0 amide bonds. The number of benzene rings is 1. The van der Waals surface area contributed by atoms with Gasteiger partial charge in [-0.15, -0.1) is 0 Å². The van der Waals surface area contributed by atoms with Gasteiger partial charge in [0.05, 0.1) is 10.5 Å². The van der Waals surface area contributed by atoms with Gasteiger partial charge in [-0.1, -0.05) is 26.2 Å². The lowest BCUT2D eigenvalue weighted by atomic mass is 10.1. The number of carboxylic acids is 1. The molecular weight excluding hydrogens is 328 g/mol. The van der Waals surface area contributed by atoms with Crippen LogP contribution in [0.25, 0.3) is 0 Å². The zero-order valence-electron chi connectivity index (χ0n) is 14.2. The summed E-state index contributed by atoms with van der Waals surface area (Å²) in [6.45, 7) is 3.78. The summed E-state index contributed by atoms with van der Waals surface area (Å²) in [4.78, 5) is 11.5. The molecule has 1 aromatic carbocycles. The van der Waals surface area contributed by atoms with Gasteiger partial charge >= 0.3 is 5.97 Å². The molecule has 1 aliphatic carbocycles. The molecule has 0 spiro atoms. The molecule has 0 saturated heterocycles. The van der Waals surface area contributed by atoms with Crippen molar-refractivity contribution in [2.75, 3.05) is 5.32 Å². The number of hydrogen-bond donors (Lipinski definition) is 3. The SMILES string of the molecule is CCC[C@H](C)NS(=O)(=O)c1ccc(NC2CCCC2)c(C(=O)O)c1. The molecule has 0 unspecified atom stereocenters. The molecule has 1 fully saturated rings. The summed E-state index contributed by atoms with van der Waals surface area (Å²) in [5.41, 5.74) is 0.475. The molecule has 0 aliphatic heterocycles. The average Bonchev–Trinajstić information content (AvgIpc) is 2.99. The van der Waals surface area contributed by atoms with E-state index in [1.54, 1.807) is 13.0 Å².